The molecule has 0 bridgehead atoms. The average Bonchev–Trinajstić information content (AvgIpc) is 2.34. The van der Waals surface area contributed by atoms with E-state index in [1.54, 1.807) is 0 Å². The molecule has 0 saturated heterocycles. The minimum Gasteiger partial charge on any atom is -0.0836 e. The van der Waals surface area contributed by atoms with Gasteiger partial charge in [-0.2, -0.15) is 0 Å². The van der Waals surface area contributed by atoms with Crippen molar-refractivity contribution in [1.82, 2.24) is 0 Å². The van der Waals surface area contributed by atoms with Crippen LogP contribution in [0, 0.1) is 6.92 Å². The second kappa shape index (κ2) is 6.32. The van der Waals surface area contributed by atoms with Crippen molar-refractivity contribution in [3.63, 3.8) is 0 Å². The summed E-state index contributed by atoms with van der Waals surface area (Å²) in [7, 11) is 0. The highest BCUT2D eigenvalue weighted by atomic mass is 14.1. The lowest BCUT2D eigenvalue weighted by Gasteiger charge is -2.14. The number of hydrogen-bond acceptors (Lipinski definition) is 0. The maximum atomic E-state index is 2.27. The maximum Gasteiger partial charge on any atom is -0.0155 e. The Labute approximate surface area is 99.7 Å². The van der Waals surface area contributed by atoms with Crippen molar-refractivity contribution in [2.45, 2.75) is 40.5 Å². The van der Waals surface area contributed by atoms with Crippen LogP contribution in [0.4, 0.5) is 0 Å². The number of rotatable bonds is 1. The van der Waals surface area contributed by atoms with E-state index in [0.717, 1.165) is 0 Å². The molecular weight excluding hydrogens is 192 g/mol. The smallest absolute Gasteiger partial charge is 0.0155 e. The first-order valence-corrected chi connectivity index (χ1v) is 6.21. The zero-order chi connectivity index (χ0) is 12.0. The Morgan fingerprint density at radius 1 is 1.00 bits per heavy atom. The highest BCUT2D eigenvalue weighted by Gasteiger charge is 2.07. The van der Waals surface area contributed by atoms with E-state index in [0.29, 0.717) is 0 Å². The molecule has 1 aliphatic carbocycles. The summed E-state index contributed by atoms with van der Waals surface area (Å²) in [4.78, 5) is 0. The molecule has 0 heteroatoms. The lowest BCUT2D eigenvalue weighted by molar-refractivity contribution is 0.967. The van der Waals surface area contributed by atoms with E-state index in [4.69, 9.17) is 0 Å². The lowest BCUT2D eigenvalue weighted by atomic mass is 9.91. The fourth-order valence-corrected chi connectivity index (χ4v) is 1.97. The highest BCUT2D eigenvalue weighted by molar-refractivity contribution is 5.78. The van der Waals surface area contributed by atoms with Crippen LogP contribution < -0.4 is 0 Å². The first-order chi connectivity index (χ1) is 7.79. The van der Waals surface area contributed by atoms with Crippen molar-refractivity contribution < 1.29 is 0 Å². The molecule has 1 aromatic carbocycles. The summed E-state index contributed by atoms with van der Waals surface area (Å²) in [5.74, 6) is 0. The van der Waals surface area contributed by atoms with E-state index >= 15 is 0 Å². The molecule has 0 N–H and O–H groups in total. The Bertz CT molecular complexity index is 394. The third kappa shape index (κ3) is 2.85. The first-order valence-electron chi connectivity index (χ1n) is 6.21. The van der Waals surface area contributed by atoms with Crippen molar-refractivity contribution in [3.05, 3.63) is 53.1 Å². The zero-order valence-corrected chi connectivity index (χ0v) is 10.9. The molecule has 0 aromatic heterocycles. The number of hydrogen-bond donors (Lipinski definition) is 0. The topological polar surface area (TPSA) is 0 Å². The molecule has 0 aliphatic heterocycles. The minimum atomic E-state index is 1.20. The molecule has 86 valence electrons. The van der Waals surface area contributed by atoms with Crippen LogP contribution in [0.3, 0.4) is 0 Å². The molecular formula is C16H22. The van der Waals surface area contributed by atoms with E-state index in [9.17, 15) is 0 Å². The van der Waals surface area contributed by atoms with Crippen LogP contribution in [0.1, 0.15) is 44.7 Å². The normalized spacial score (nSPS) is 14.5. The molecule has 2 rings (SSSR count). The van der Waals surface area contributed by atoms with E-state index in [2.05, 4.69) is 50.3 Å². The van der Waals surface area contributed by atoms with E-state index in [1.165, 1.54) is 35.1 Å². The van der Waals surface area contributed by atoms with Crippen molar-refractivity contribution in [3.8, 4) is 0 Å². The number of benzene rings is 1. The Kier molecular flexibility index (Phi) is 5.04. The summed E-state index contributed by atoms with van der Waals surface area (Å²) in [6.45, 7) is 8.42. The van der Waals surface area contributed by atoms with Crippen molar-refractivity contribution in [2.75, 3.05) is 0 Å². The average molecular weight is 214 g/mol. The molecule has 0 spiro atoms. The monoisotopic (exact) mass is 214 g/mol. The van der Waals surface area contributed by atoms with Gasteiger partial charge in [-0.1, -0.05) is 55.8 Å². The lowest BCUT2D eigenvalue weighted by Crippen LogP contribution is -1.93. The molecule has 1 aromatic rings. The summed E-state index contributed by atoms with van der Waals surface area (Å²) < 4.78 is 0. The van der Waals surface area contributed by atoms with Crippen LogP contribution in [0.2, 0.25) is 0 Å². The maximum absolute atomic E-state index is 2.27. The van der Waals surface area contributed by atoms with Gasteiger partial charge in [0.15, 0.2) is 0 Å². The van der Waals surface area contributed by atoms with Crippen LogP contribution in [0.5, 0.6) is 0 Å². The van der Waals surface area contributed by atoms with Gasteiger partial charge in [0.1, 0.15) is 0 Å². The van der Waals surface area contributed by atoms with Gasteiger partial charge in [-0.25, -0.2) is 0 Å². The largest absolute Gasteiger partial charge is 0.0836 e. The van der Waals surface area contributed by atoms with Crippen molar-refractivity contribution >= 4 is 5.57 Å². The molecule has 0 atom stereocenters. The van der Waals surface area contributed by atoms with Gasteiger partial charge < -0.3 is 0 Å². The summed E-state index contributed by atoms with van der Waals surface area (Å²) in [6.07, 6.45) is 6.94. The van der Waals surface area contributed by atoms with Crippen LogP contribution >= 0.6 is 0 Å². The molecule has 0 heterocycles. The van der Waals surface area contributed by atoms with Gasteiger partial charge in [0, 0.05) is 0 Å². The molecule has 0 unspecified atom stereocenters. The molecule has 0 saturated carbocycles. The molecule has 0 amide bonds. The van der Waals surface area contributed by atoms with Gasteiger partial charge in [-0.05, 0) is 43.4 Å². The van der Waals surface area contributed by atoms with E-state index in [-0.39, 0.29) is 0 Å². The fraction of sp³-hybridized carbons (Fsp3) is 0.375. The molecule has 0 fully saturated rings. The minimum absolute atomic E-state index is 1.20. The van der Waals surface area contributed by atoms with Crippen LogP contribution in [-0.2, 0) is 0 Å². The predicted molar refractivity (Wildman–Crippen MR) is 73.5 cm³/mol. The molecule has 1 aliphatic rings. The highest BCUT2D eigenvalue weighted by Crippen LogP contribution is 2.28. The van der Waals surface area contributed by atoms with Crippen molar-refractivity contribution in [1.29, 1.82) is 0 Å². The van der Waals surface area contributed by atoms with Gasteiger partial charge in [0.25, 0.3) is 0 Å². The summed E-state index contributed by atoms with van der Waals surface area (Å²) in [5, 5.41) is 0. The molecule has 0 nitrogen and oxygen atoms in total. The molecule has 16 heavy (non-hydrogen) atoms. The zero-order valence-electron chi connectivity index (χ0n) is 10.9. The van der Waals surface area contributed by atoms with E-state index in [1.807, 2.05) is 13.8 Å². The van der Waals surface area contributed by atoms with Crippen molar-refractivity contribution in [2.24, 2.45) is 0 Å². The number of allylic oxidation sites excluding steroid dienone is 4. The fourth-order valence-electron chi connectivity index (χ4n) is 1.97. The summed E-state index contributed by atoms with van der Waals surface area (Å²) >= 11 is 0. The van der Waals surface area contributed by atoms with Gasteiger partial charge in [-0.3, -0.25) is 0 Å². The van der Waals surface area contributed by atoms with Crippen LogP contribution in [0.25, 0.3) is 5.57 Å². The summed E-state index contributed by atoms with van der Waals surface area (Å²) in [6, 6.07) is 8.61. The third-order valence-corrected chi connectivity index (χ3v) is 2.87. The van der Waals surface area contributed by atoms with Crippen LogP contribution in [0.15, 0.2) is 42.0 Å². The third-order valence-electron chi connectivity index (χ3n) is 2.87. The Morgan fingerprint density at radius 3 is 2.31 bits per heavy atom. The van der Waals surface area contributed by atoms with Crippen LogP contribution in [-0.4, -0.2) is 0 Å². The standard InChI is InChI=1S/C14H16.C2H6/c1-11-7-3-5-9-13(11)14-10-6-4-8-12(14)2;1-2/h3,5-7,9-10H,4,8H2,1-2H3;1-2H3. The quantitative estimate of drug-likeness (QED) is 0.607. The Hall–Kier alpha value is -1.30. The SMILES string of the molecule is CC.CC1=C(c2ccccc2C)C=CCC1. The summed E-state index contributed by atoms with van der Waals surface area (Å²) in [5.41, 5.74) is 5.70. The number of aryl methyl sites for hydroxylation is 1. The Morgan fingerprint density at radius 2 is 1.69 bits per heavy atom. The van der Waals surface area contributed by atoms with Gasteiger partial charge in [-0.15, -0.1) is 0 Å². The van der Waals surface area contributed by atoms with Gasteiger partial charge >= 0.3 is 0 Å². The predicted octanol–water partition coefficient (Wildman–Crippen LogP) is 5.14. The molecule has 0 radical (unpaired) electrons. The van der Waals surface area contributed by atoms with Gasteiger partial charge in [0.05, 0.1) is 0 Å². The van der Waals surface area contributed by atoms with Gasteiger partial charge in [0.2, 0.25) is 0 Å². The second-order valence-electron chi connectivity index (χ2n) is 3.95. The first kappa shape index (κ1) is 12.8. The van der Waals surface area contributed by atoms with E-state index < -0.39 is 0 Å². The second-order valence-corrected chi connectivity index (χ2v) is 3.95. The Balaban J connectivity index is 0.000000606.